The number of nitrogen functional groups attached to an aromatic ring is 1. The third kappa shape index (κ3) is 3.25. The van der Waals surface area contributed by atoms with Crippen LogP contribution in [0.5, 0.6) is 0 Å². The summed E-state index contributed by atoms with van der Waals surface area (Å²) in [5, 5.41) is 10.3. The van der Waals surface area contributed by atoms with Crippen LogP contribution >= 0.6 is 0 Å². The van der Waals surface area contributed by atoms with Crippen LogP contribution in [-0.4, -0.2) is 30.6 Å². The lowest BCUT2D eigenvalue weighted by molar-refractivity contribution is 0.0597. The molecule has 1 heterocycles. The molecule has 3 N–H and O–H groups in total. The molecule has 26 heavy (non-hydrogen) atoms. The fourth-order valence-electron chi connectivity index (χ4n) is 3.14. The fraction of sp³-hybridized carbons (Fsp3) is 0.263. The summed E-state index contributed by atoms with van der Waals surface area (Å²) in [6.45, 7) is 0.333. The maximum atomic E-state index is 13.6. The molecular formula is C19H19FN2O4. The number of carbonyl (C=O) groups is 2. The molecule has 136 valence electrons. The van der Waals surface area contributed by atoms with E-state index in [0.717, 1.165) is 0 Å². The summed E-state index contributed by atoms with van der Waals surface area (Å²) in [7, 11) is 1.22. The maximum absolute atomic E-state index is 13.6. The number of aliphatic hydroxyl groups excluding tert-OH is 1. The van der Waals surface area contributed by atoms with Crippen LogP contribution in [0.3, 0.4) is 0 Å². The number of carbonyl (C=O) groups excluding carboxylic acids is 2. The molecule has 3 rings (SSSR count). The Kier molecular flexibility index (Phi) is 4.90. The van der Waals surface area contributed by atoms with Crippen molar-refractivity contribution >= 4 is 23.3 Å². The quantitative estimate of drug-likeness (QED) is 0.636. The summed E-state index contributed by atoms with van der Waals surface area (Å²) in [6, 6.07) is 8.31. The number of methoxy groups -OCH3 is 1. The van der Waals surface area contributed by atoms with Crippen molar-refractivity contribution in [3.05, 3.63) is 58.9 Å². The molecule has 0 saturated carbocycles. The zero-order valence-corrected chi connectivity index (χ0v) is 14.2. The normalized spacial score (nSPS) is 16.6. The predicted molar refractivity (Wildman–Crippen MR) is 94.5 cm³/mol. The van der Waals surface area contributed by atoms with E-state index in [9.17, 15) is 19.1 Å². The Hall–Kier alpha value is -2.93. The van der Waals surface area contributed by atoms with Crippen LogP contribution in [0.2, 0.25) is 0 Å². The SMILES string of the molecule is COC(=O)c1cc(N)ccc1C(=O)N1CCCC(O)c2cc(F)ccc21. The Bertz CT molecular complexity index is 869. The smallest absolute Gasteiger partial charge is 0.338 e. The van der Waals surface area contributed by atoms with E-state index >= 15 is 0 Å². The van der Waals surface area contributed by atoms with E-state index in [0.29, 0.717) is 36.3 Å². The highest BCUT2D eigenvalue weighted by atomic mass is 19.1. The lowest BCUT2D eigenvalue weighted by Gasteiger charge is -2.24. The lowest BCUT2D eigenvalue weighted by atomic mass is 10.0. The van der Waals surface area contributed by atoms with Crippen molar-refractivity contribution in [3.8, 4) is 0 Å². The second-order valence-electron chi connectivity index (χ2n) is 6.11. The number of fused-ring (bicyclic) bond motifs is 1. The Morgan fingerprint density at radius 3 is 2.73 bits per heavy atom. The van der Waals surface area contributed by atoms with Crippen molar-refractivity contribution in [1.29, 1.82) is 0 Å². The minimum atomic E-state index is -0.856. The van der Waals surface area contributed by atoms with Crippen LogP contribution in [0.4, 0.5) is 15.8 Å². The molecule has 0 spiro atoms. The zero-order chi connectivity index (χ0) is 18.8. The lowest BCUT2D eigenvalue weighted by Crippen LogP contribution is -2.33. The Labute approximate surface area is 150 Å². The molecule has 1 aliphatic heterocycles. The number of halogens is 1. The van der Waals surface area contributed by atoms with Gasteiger partial charge < -0.3 is 20.5 Å². The highest BCUT2D eigenvalue weighted by Crippen LogP contribution is 2.34. The first kappa shape index (κ1) is 17.9. The number of nitrogens with zero attached hydrogens (tertiary/aromatic N) is 1. The van der Waals surface area contributed by atoms with Crippen molar-refractivity contribution in [2.45, 2.75) is 18.9 Å². The van der Waals surface area contributed by atoms with Gasteiger partial charge in [0.25, 0.3) is 5.91 Å². The average Bonchev–Trinajstić information content (AvgIpc) is 2.79. The van der Waals surface area contributed by atoms with Crippen molar-refractivity contribution < 1.29 is 23.8 Å². The summed E-state index contributed by atoms with van der Waals surface area (Å²) in [5.74, 6) is -1.60. The monoisotopic (exact) mass is 358 g/mol. The van der Waals surface area contributed by atoms with E-state index in [4.69, 9.17) is 10.5 Å². The molecular weight excluding hydrogens is 339 g/mol. The largest absolute Gasteiger partial charge is 0.465 e. The molecule has 0 fully saturated rings. The Morgan fingerprint density at radius 2 is 2.00 bits per heavy atom. The van der Waals surface area contributed by atoms with Gasteiger partial charge in [-0.2, -0.15) is 0 Å². The number of hydrogen-bond acceptors (Lipinski definition) is 5. The van der Waals surface area contributed by atoms with Crippen LogP contribution in [0.15, 0.2) is 36.4 Å². The molecule has 1 amide bonds. The van der Waals surface area contributed by atoms with E-state index in [1.165, 1.54) is 48.4 Å². The van der Waals surface area contributed by atoms with Crippen LogP contribution in [0.1, 0.15) is 45.2 Å². The number of rotatable bonds is 2. The molecule has 0 saturated heterocycles. The van der Waals surface area contributed by atoms with Gasteiger partial charge in [0.15, 0.2) is 0 Å². The van der Waals surface area contributed by atoms with E-state index in [1.807, 2.05) is 0 Å². The van der Waals surface area contributed by atoms with Crippen molar-refractivity contribution in [3.63, 3.8) is 0 Å². The number of esters is 1. The van der Waals surface area contributed by atoms with Gasteiger partial charge in [0.05, 0.1) is 24.3 Å². The van der Waals surface area contributed by atoms with Gasteiger partial charge in [-0.05, 0) is 49.2 Å². The number of benzene rings is 2. The number of ether oxygens (including phenoxy) is 1. The summed E-state index contributed by atoms with van der Waals surface area (Å²) in [5.41, 5.74) is 7.03. The minimum absolute atomic E-state index is 0.0611. The Balaban J connectivity index is 2.09. The molecule has 1 atom stereocenters. The van der Waals surface area contributed by atoms with Crippen LogP contribution in [0, 0.1) is 5.82 Å². The topological polar surface area (TPSA) is 92.9 Å². The van der Waals surface area contributed by atoms with E-state index in [2.05, 4.69) is 0 Å². The van der Waals surface area contributed by atoms with Gasteiger partial charge in [0.2, 0.25) is 0 Å². The number of nitrogens with two attached hydrogens (primary N) is 1. The van der Waals surface area contributed by atoms with Crippen molar-refractivity contribution in [1.82, 2.24) is 0 Å². The predicted octanol–water partition coefficient (Wildman–Crippen LogP) is 2.67. The first-order chi connectivity index (χ1) is 12.4. The van der Waals surface area contributed by atoms with Crippen LogP contribution in [-0.2, 0) is 4.74 Å². The molecule has 1 aliphatic rings. The van der Waals surface area contributed by atoms with Crippen molar-refractivity contribution in [2.75, 3.05) is 24.3 Å². The molecule has 2 aromatic rings. The first-order valence-corrected chi connectivity index (χ1v) is 8.19. The van der Waals surface area contributed by atoms with Gasteiger partial charge in [0, 0.05) is 23.5 Å². The van der Waals surface area contributed by atoms with Crippen LogP contribution in [0.25, 0.3) is 0 Å². The average molecular weight is 358 g/mol. The van der Waals surface area contributed by atoms with Crippen molar-refractivity contribution in [2.24, 2.45) is 0 Å². The summed E-state index contributed by atoms with van der Waals surface area (Å²) in [4.78, 5) is 26.7. The second kappa shape index (κ2) is 7.13. The van der Waals surface area contributed by atoms with Gasteiger partial charge in [-0.1, -0.05) is 0 Å². The standard InChI is InChI=1S/C19H19FN2O4/c1-26-19(25)14-10-12(21)5-6-13(14)18(24)22-8-2-3-17(23)15-9-11(20)4-7-16(15)22/h4-7,9-10,17,23H,2-3,8,21H2,1H3. The number of amides is 1. The minimum Gasteiger partial charge on any atom is -0.465 e. The summed E-state index contributed by atoms with van der Waals surface area (Å²) in [6.07, 6.45) is 0.0855. The third-order valence-electron chi connectivity index (χ3n) is 4.42. The van der Waals surface area contributed by atoms with E-state index in [1.54, 1.807) is 0 Å². The number of anilines is 2. The third-order valence-corrected chi connectivity index (χ3v) is 4.42. The van der Waals surface area contributed by atoms with Crippen LogP contribution < -0.4 is 10.6 Å². The van der Waals surface area contributed by atoms with E-state index < -0.39 is 23.8 Å². The molecule has 0 aromatic heterocycles. The van der Waals surface area contributed by atoms with Gasteiger partial charge >= 0.3 is 5.97 Å². The number of hydrogen-bond donors (Lipinski definition) is 2. The van der Waals surface area contributed by atoms with Gasteiger partial charge in [-0.3, -0.25) is 4.79 Å². The first-order valence-electron chi connectivity index (χ1n) is 8.19. The summed E-state index contributed by atoms with van der Waals surface area (Å²) < 4.78 is 18.4. The Morgan fingerprint density at radius 1 is 1.23 bits per heavy atom. The highest BCUT2D eigenvalue weighted by Gasteiger charge is 2.29. The van der Waals surface area contributed by atoms with Gasteiger partial charge in [0.1, 0.15) is 5.82 Å². The summed E-state index contributed by atoms with van der Waals surface area (Å²) >= 11 is 0. The zero-order valence-electron chi connectivity index (χ0n) is 14.2. The molecule has 7 heteroatoms. The second-order valence-corrected chi connectivity index (χ2v) is 6.11. The molecule has 0 radical (unpaired) electrons. The highest BCUT2D eigenvalue weighted by molar-refractivity contribution is 6.12. The van der Waals surface area contributed by atoms with Gasteiger partial charge in [-0.25, -0.2) is 9.18 Å². The maximum Gasteiger partial charge on any atom is 0.338 e. The molecule has 0 bridgehead atoms. The number of aliphatic hydroxyl groups is 1. The molecule has 1 unspecified atom stereocenters. The molecule has 6 nitrogen and oxygen atoms in total. The molecule has 2 aromatic carbocycles. The van der Waals surface area contributed by atoms with Gasteiger partial charge in [-0.15, -0.1) is 0 Å². The molecule has 0 aliphatic carbocycles. The van der Waals surface area contributed by atoms with E-state index in [-0.39, 0.29) is 11.1 Å². The fourth-order valence-corrected chi connectivity index (χ4v) is 3.14.